The van der Waals surface area contributed by atoms with E-state index in [4.69, 9.17) is 4.74 Å². The maximum Gasteiger partial charge on any atom is 0.421 e. The smallest absolute Gasteiger partial charge is 0.421 e. The third-order valence-corrected chi connectivity index (χ3v) is 3.18. The third-order valence-electron chi connectivity index (χ3n) is 2.24. The zero-order chi connectivity index (χ0) is 10.9. The largest absolute Gasteiger partial charge is 0.449 e. The van der Waals surface area contributed by atoms with Gasteiger partial charge in [-0.2, -0.15) is 11.8 Å². The van der Waals surface area contributed by atoms with Gasteiger partial charge in [0.25, 0.3) is 0 Å². The number of amides is 1. The number of ether oxygens (including phenoxy) is 1. The van der Waals surface area contributed by atoms with E-state index in [1.165, 1.54) is 0 Å². The van der Waals surface area contributed by atoms with Crippen LogP contribution in [0.15, 0.2) is 0 Å². The van der Waals surface area contributed by atoms with Gasteiger partial charge in [-0.1, -0.05) is 19.8 Å². The SMILES string of the molecule is CCCCCOC(=O)NN1CCSCC1. The van der Waals surface area contributed by atoms with E-state index in [-0.39, 0.29) is 6.09 Å². The molecule has 0 spiro atoms. The lowest BCUT2D eigenvalue weighted by atomic mass is 10.3. The molecule has 0 saturated carbocycles. The van der Waals surface area contributed by atoms with Gasteiger partial charge in [-0.3, -0.25) is 5.43 Å². The second kappa shape index (κ2) is 7.82. The Kier molecular flexibility index (Phi) is 6.59. The van der Waals surface area contributed by atoms with E-state index in [0.717, 1.165) is 43.9 Å². The minimum Gasteiger partial charge on any atom is -0.449 e. The van der Waals surface area contributed by atoms with E-state index in [1.54, 1.807) is 0 Å². The van der Waals surface area contributed by atoms with Gasteiger partial charge in [0.2, 0.25) is 0 Å². The number of carbonyl (C=O) groups is 1. The highest BCUT2D eigenvalue weighted by Crippen LogP contribution is 2.06. The van der Waals surface area contributed by atoms with Gasteiger partial charge in [0.15, 0.2) is 0 Å². The van der Waals surface area contributed by atoms with Gasteiger partial charge in [-0.25, -0.2) is 9.80 Å². The molecule has 1 aliphatic rings. The summed E-state index contributed by atoms with van der Waals surface area (Å²) in [5.74, 6) is 2.16. The highest BCUT2D eigenvalue weighted by molar-refractivity contribution is 7.99. The van der Waals surface area contributed by atoms with Gasteiger partial charge >= 0.3 is 6.09 Å². The van der Waals surface area contributed by atoms with Crippen LogP contribution < -0.4 is 5.43 Å². The highest BCUT2D eigenvalue weighted by Gasteiger charge is 2.13. The van der Waals surface area contributed by atoms with Crippen LogP contribution in [0.4, 0.5) is 4.79 Å². The number of thioether (sulfide) groups is 1. The number of rotatable bonds is 5. The van der Waals surface area contributed by atoms with Crippen molar-refractivity contribution in [1.82, 2.24) is 10.4 Å². The predicted molar refractivity (Wildman–Crippen MR) is 62.9 cm³/mol. The van der Waals surface area contributed by atoms with Crippen LogP contribution >= 0.6 is 11.8 Å². The van der Waals surface area contributed by atoms with Crippen molar-refractivity contribution in [1.29, 1.82) is 0 Å². The van der Waals surface area contributed by atoms with Gasteiger partial charge < -0.3 is 4.74 Å². The molecule has 0 radical (unpaired) electrons. The lowest BCUT2D eigenvalue weighted by Crippen LogP contribution is -2.46. The summed E-state index contributed by atoms with van der Waals surface area (Å²) >= 11 is 1.92. The Bertz CT molecular complexity index is 184. The topological polar surface area (TPSA) is 41.6 Å². The van der Waals surface area contributed by atoms with Crippen molar-refractivity contribution in [3.05, 3.63) is 0 Å². The molecular weight excluding hydrogens is 212 g/mol. The first kappa shape index (κ1) is 12.6. The predicted octanol–water partition coefficient (Wildman–Crippen LogP) is 1.87. The van der Waals surface area contributed by atoms with E-state index in [2.05, 4.69) is 12.3 Å². The second-order valence-electron chi connectivity index (χ2n) is 3.55. The fourth-order valence-corrected chi connectivity index (χ4v) is 2.26. The van der Waals surface area contributed by atoms with E-state index in [1.807, 2.05) is 16.8 Å². The summed E-state index contributed by atoms with van der Waals surface area (Å²) in [6.07, 6.45) is 2.92. The fourth-order valence-electron chi connectivity index (χ4n) is 1.35. The first-order chi connectivity index (χ1) is 7.33. The zero-order valence-corrected chi connectivity index (χ0v) is 10.1. The molecule has 1 amide bonds. The molecule has 0 atom stereocenters. The Balaban J connectivity index is 2.01. The maximum atomic E-state index is 11.3. The molecule has 0 unspecified atom stereocenters. The number of carbonyl (C=O) groups excluding carboxylic acids is 1. The summed E-state index contributed by atoms with van der Waals surface area (Å²) in [4.78, 5) is 11.3. The van der Waals surface area contributed by atoms with E-state index in [9.17, 15) is 4.79 Å². The molecule has 1 aliphatic heterocycles. The molecule has 1 fully saturated rings. The number of unbranched alkanes of at least 4 members (excludes halogenated alkanes) is 2. The third kappa shape index (κ3) is 5.89. The molecule has 5 heteroatoms. The normalized spacial score (nSPS) is 17.4. The number of hydrazine groups is 1. The Hall–Kier alpha value is -0.420. The number of nitrogens with one attached hydrogen (secondary N) is 1. The molecule has 0 aromatic rings. The van der Waals surface area contributed by atoms with Gasteiger partial charge in [0.05, 0.1) is 6.61 Å². The Morgan fingerprint density at radius 2 is 2.13 bits per heavy atom. The summed E-state index contributed by atoms with van der Waals surface area (Å²) in [5.41, 5.74) is 2.75. The lowest BCUT2D eigenvalue weighted by molar-refractivity contribution is 0.107. The van der Waals surface area contributed by atoms with Crippen molar-refractivity contribution in [2.75, 3.05) is 31.2 Å². The zero-order valence-electron chi connectivity index (χ0n) is 9.33. The summed E-state index contributed by atoms with van der Waals surface area (Å²) in [7, 11) is 0. The number of hydrogen-bond acceptors (Lipinski definition) is 4. The maximum absolute atomic E-state index is 11.3. The van der Waals surface area contributed by atoms with Crippen molar-refractivity contribution in [2.45, 2.75) is 26.2 Å². The van der Waals surface area contributed by atoms with E-state index in [0.29, 0.717) is 6.61 Å². The Morgan fingerprint density at radius 3 is 2.80 bits per heavy atom. The first-order valence-electron chi connectivity index (χ1n) is 5.59. The van der Waals surface area contributed by atoms with Crippen molar-refractivity contribution in [3.8, 4) is 0 Å². The molecule has 1 heterocycles. The van der Waals surface area contributed by atoms with Crippen LogP contribution in [-0.2, 0) is 4.74 Å². The van der Waals surface area contributed by atoms with Gasteiger partial charge in [0.1, 0.15) is 0 Å². The molecule has 0 aromatic heterocycles. The van der Waals surface area contributed by atoms with Crippen LogP contribution in [0.2, 0.25) is 0 Å². The molecule has 0 bridgehead atoms. The molecule has 15 heavy (non-hydrogen) atoms. The van der Waals surface area contributed by atoms with Crippen molar-refractivity contribution < 1.29 is 9.53 Å². The first-order valence-corrected chi connectivity index (χ1v) is 6.74. The van der Waals surface area contributed by atoms with Crippen LogP contribution in [0.3, 0.4) is 0 Å². The van der Waals surface area contributed by atoms with Crippen LogP contribution in [0.25, 0.3) is 0 Å². The Labute approximate surface area is 95.7 Å². The quantitative estimate of drug-likeness (QED) is 0.735. The summed E-state index contributed by atoms with van der Waals surface area (Å²) < 4.78 is 5.05. The van der Waals surface area contributed by atoms with Gasteiger partial charge in [-0.05, 0) is 6.42 Å². The Morgan fingerprint density at radius 1 is 1.40 bits per heavy atom. The van der Waals surface area contributed by atoms with Crippen molar-refractivity contribution >= 4 is 17.9 Å². The average Bonchev–Trinajstić information content (AvgIpc) is 2.26. The standard InChI is InChI=1S/C10H20N2O2S/c1-2-3-4-7-14-10(13)11-12-5-8-15-9-6-12/h2-9H2,1H3,(H,11,13). The monoisotopic (exact) mass is 232 g/mol. The van der Waals surface area contributed by atoms with Crippen LogP contribution in [0.1, 0.15) is 26.2 Å². The van der Waals surface area contributed by atoms with Crippen LogP contribution in [0, 0.1) is 0 Å². The van der Waals surface area contributed by atoms with Crippen molar-refractivity contribution in [2.24, 2.45) is 0 Å². The van der Waals surface area contributed by atoms with Crippen LogP contribution in [0.5, 0.6) is 0 Å². The highest BCUT2D eigenvalue weighted by atomic mass is 32.2. The average molecular weight is 232 g/mol. The molecule has 88 valence electrons. The molecule has 1 rings (SSSR count). The fraction of sp³-hybridized carbons (Fsp3) is 0.900. The molecule has 4 nitrogen and oxygen atoms in total. The van der Waals surface area contributed by atoms with E-state index < -0.39 is 0 Å². The number of hydrogen-bond donors (Lipinski definition) is 1. The van der Waals surface area contributed by atoms with Gasteiger partial charge in [0, 0.05) is 24.6 Å². The summed E-state index contributed by atoms with van der Waals surface area (Å²) in [6, 6.07) is 0. The molecule has 1 saturated heterocycles. The minimum absolute atomic E-state index is 0.307. The minimum atomic E-state index is -0.307. The van der Waals surface area contributed by atoms with Crippen molar-refractivity contribution in [3.63, 3.8) is 0 Å². The molecule has 0 aliphatic carbocycles. The summed E-state index contributed by atoms with van der Waals surface area (Å²) in [6.45, 7) is 4.48. The molecular formula is C10H20N2O2S. The molecule has 0 aromatic carbocycles. The summed E-state index contributed by atoms with van der Waals surface area (Å²) in [5, 5.41) is 1.93. The second-order valence-corrected chi connectivity index (χ2v) is 4.78. The van der Waals surface area contributed by atoms with Gasteiger partial charge in [-0.15, -0.1) is 0 Å². The van der Waals surface area contributed by atoms with Crippen LogP contribution in [-0.4, -0.2) is 42.3 Å². The van der Waals surface area contributed by atoms with E-state index >= 15 is 0 Å². The number of nitrogens with zero attached hydrogens (tertiary/aromatic N) is 1. The lowest BCUT2D eigenvalue weighted by Gasteiger charge is -2.25. The molecule has 1 N–H and O–H groups in total.